The van der Waals surface area contributed by atoms with Gasteiger partial charge in [-0.3, -0.25) is 0 Å². The summed E-state index contributed by atoms with van der Waals surface area (Å²) in [6, 6.07) is 0. The summed E-state index contributed by atoms with van der Waals surface area (Å²) in [5.41, 5.74) is 0. The first-order chi connectivity index (χ1) is 7.34. The lowest BCUT2D eigenvalue weighted by molar-refractivity contribution is 0.308. The van der Waals surface area contributed by atoms with Crippen LogP contribution in [-0.4, -0.2) is 32.8 Å². The first-order valence-corrected chi connectivity index (χ1v) is 4.86. The minimum atomic E-state index is 0.367. The number of nitrogens with zero attached hydrogens (tertiary/aromatic N) is 4. The zero-order chi connectivity index (χ0) is 10.3. The summed E-state index contributed by atoms with van der Waals surface area (Å²) in [5.74, 6) is 2.36. The summed E-state index contributed by atoms with van der Waals surface area (Å²) in [5, 5.41) is 7.09. The van der Waals surface area contributed by atoms with Crippen LogP contribution < -0.4 is 5.32 Å². The van der Waals surface area contributed by atoms with E-state index in [9.17, 15) is 0 Å². The second-order valence-electron chi connectivity index (χ2n) is 3.67. The lowest BCUT2D eigenvalue weighted by Gasteiger charge is -2.22. The molecule has 1 saturated heterocycles. The van der Waals surface area contributed by atoms with Gasteiger partial charge in [0.05, 0.1) is 5.92 Å². The van der Waals surface area contributed by atoms with E-state index in [-0.39, 0.29) is 0 Å². The highest BCUT2D eigenvalue weighted by Crippen LogP contribution is 2.20. The van der Waals surface area contributed by atoms with Gasteiger partial charge in [0.2, 0.25) is 11.7 Å². The summed E-state index contributed by atoms with van der Waals surface area (Å²) in [6.07, 6.45) is 3.58. The van der Waals surface area contributed by atoms with Gasteiger partial charge >= 0.3 is 0 Å². The van der Waals surface area contributed by atoms with Crippen molar-refractivity contribution in [1.29, 1.82) is 0 Å². The average Bonchev–Trinajstić information content (AvgIpc) is 2.70. The Hall–Kier alpha value is -1.69. The zero-order valence-corrected chi connectivity index (χ0v) is 8.34. The van der Waals surface area contributed by atoms with Crippen LogP contribution in [0.1, 0.15) is 11.8 Å². The third kappa shape index (κ3) is 1.33. The molecule has 2 aromatic rings. The highest BCUT2D eigenvalue weighted by molar-refractivity contribution is 5.42. The quantitative estimate of drug-likeness (QED) is 0.756. The second kappa shape index (κ2) is 3.16. The van der Waals surface area contributed by atoms with Gasteiger partial charge in [-0.15, -0.1) is 0 Å². The molecule has 0 saturated carbocycles. The maximum absolute atomic E-state index is 5.19. The predicted octanol–water partition coefficient (Wildman–Crippen LogP) is 0.157. The maximum atomic E-state index is 5.19. The van der Waals surface area contributed by atoms with Crippen LogP contribution in [0.15, 0.2) is 16.9 Å². The van der Waals surface area contributed by atoms with Gasteiger partial charge in [0.25, 0.3) is 0 Å². The molecular weight excluding hydrogens is 194 g/mol. The van der Waals surface area contributed by atoms with E-state index < -0.39 is 0 Å². The predicted molar refractivity (Wildman–Crippen MR) is 52.1 cm³/mol. The van der Waals surface area contributed by atoms with Crippen LogP contribution in [0.3, 0.4) is 0 Å². The third-order valence-corrected chi connectivity index (χ3v) is 2.59. The maximum Gasteiger partial charge on any atom is 0.238 e. The largest absolute Gasteiger partial charge is 0.338 e. The Kier molecular flexibility index (Phi) is 1.81. The second-order valence-corrected chi connectivity index (χ2v) is 3.67. The van der Waals surface area contributed by atoms with E-state index in [1.54, 1.807) is 6.20 Å². The number of rotatable bonds is 2. The van der Waals surface area contributed by atoms with Crippen molar-refractivity contribution >= 4 is 0 Å². The van der Waals surface area contributed by atoms with Gasteiger partial charge in [-0.25, -0.2) is 4.98 Å². The summed E-state index contributed by atoms with van der Waals surface area (Å²) < 4.78 is 7.06. The van der Waals surface area contributed by atoms with Crippen molar-refractivity contribution < 1.29 is 4.52 Å². The summed E-state index contributed by atoms with van der Waals surface area (Å²) >= 11 is 0. The molecule has 2 aromatic heterocycles. The van der Waals surface area contributed by atoms with Crippen LogP contribution in [0.5, 0.6) is 0 Å². The molecule has 0 amide bonds. The van der Waals surface area contributed by atoms with E-state index in [0.717, 1.165) is 18.9 Å². The number of nitrogens with one attached hydrogen (secondary N) is 1. The number of aromatic nitrogens is 4. The smallest absolute Gasteiger partial charge is 0.238 e. The molecule has 0 aromatic carbocycles. The third-order valence-electron chi connectivity index (χ3n) is 2.59. The SMILES string of the molecule is Cn1ccnc1-c1noc(C2CNC2)n1. The molecule has 1 fully saturated rings. The lowest BCUT2D eigenvalue weighted by Crippen LogP contribution is -2.40. The molecule has 0 atom stereocenters. The summed E-state index contributed by atoms with van der Waals surface area (Å²) in [4.78, 5) is 8.50. The summed E-state index contributed by atoms with van der Waals surface area (Å²) in [7, 11) is 1.91. The van der Waals surface area contributed by atoms with Crippen molar-refractivity contribution in [3.63, 3.8) is 0 Å². The van der Waals surface area contributed by atoms with Crippen molar-refractivity contribution in [2.75, 3.05) is 13.1 Å². The molecule has 0 aliphatic carbocycles. The molecule has 0 unspecified atom stereocenters. The van der Waals surface area contributed by atoms with Crippen LogP contribution in [0, 0.1) is 0 Å². The number of hydrogen-bond donors (Lipinski definition) is 1. The first-order valence-electron chi connectivity index (χ1n) is 4.86. The summed E-state index contributed by atoms with van der Waals surface area (Å²) in [6.45, 7) is 1.84. The molecule has 0 radical (unpaired) electrons. The topological polar surface area (TPSA) is 68.8 Å². The van der Waals surface area contributed by atoms with E-state index >= 15 is 0 Å². The Morgan fingerprint density at radius 3 is 3.00 bits per heavy atom. The molecule has 1 aliphatic rings. The molecule has 6 heteroatoms. The first kappa shape index (κ1) is 8.60. The fourth-order valence-corrected chi connectivity index (χ4v) is 1.54. The van der Waals surface area contributed by atoms with Crippen molar-refractivity contribution in [2.24, 2.45) is 7.05 Å². The van der Waals surface area contributed by atoms with Gasteiger partial charge in [0, 0.05) is 32.5 Å². The van der Waals surface area contributed by atoms with E-state index in [2.05, 4.69) is 20.4 Å². The lowest BCUT2D eigenvalue weighted by atomic mass is 10.0. The Balaban J connectivity index is 1.93. The number of imidazole rings is 1. The monoisotopic (exact) mass is 205 g/mol. The van der Waals surface area contributed by atoms with Gasteiger partial charge in [-0.1, -0.05) is 5.16 Å². The molecule has 0 spiro atoms. The van der Waals surface area contributed by atoms with Crippen molar-refractivity contribution in [2.45, 2.75) is 5.92 Å². The van der Waals surface area contributed by atoms with Crippen LogP contribution in [0.4, 0.5) is 0 Å². The highest BCUT2D eigenvalue weighted by Gasteiger charge is 2.25. The molecule has 3 heterocycles. The Labute approximate surface area is 86.3 Å². The minimum Gasteiger partial charge on any atom is -0.338 e. The standard InChI is InChI=1S/C9H11N5O/c1-14-3-2-11-8(14)7-12-9(15-13-7)6-4-10-5-6/h2-3,6,10H,4-5H2,1H3. The number of hydrogen-bond acceptors (Lipinski definition) is 5. The minimum absolute atomic E-state index is 0.367. The van der Waals surface area contributed by atoms with E-state index in [1.807, 2.05) is 17.8 Å². The van der Waals surface area contributed by atoms with Crippen LogP contribution >= 0.6 is 0 Å². The van der Waals surface area contributed by atoms with Crippen molar-refractivity contribution in [3.8, 4) is 11.6 Å². The van der Waals surface area contributed by atoms with Crippen LogP contribution in [0.25, 0.3) is 11.6 Å². The Morgan fingerprint density at radius 1 is 1.53 bits per heavy atom. The Bertz CT molecular complexity index is 470. The Morgan fingerprint density at radius 2 is 2.40 bits per heavy atom. The fraction of sp³-hybridized carbons (Fsp3) is 0.444. The average molecular weight is 205 g/mol. The fourth-order valence-electron chi connectivity index (χ4n) is 1.54. The van der Waals surface area contributed by atoms with Gasteiger partial charge in [-0.05, 0) is 0 Å². The van der Waals surface area contributed by atoms with Crippen LogP contribution in [0.2, 0.25) is 0 Å². The molecule has 6 nitrogen and oxygen atoms in total. The van der Waals surface area contributed by atoms with E-state index in [0.29, 0.717) is 17.6 Å². The van der Waals surface area contributed by atoms with Crippen molar-refractivity contribution in [1.82, 2.24) is 25.0 Å². The molecule has 1 aliphatic heterocycles. The van der Waals surface area contributed by atoms with Gasteiger partial charge in [-0.2, -0.15) is 4.98 Å². The van der Waals surface area contributed by atoms with E-state index in [4.69, 9.17) is 4.52 Å². The molecular formula is C9H11N5O. The molecule has 0 bridgehead atoms. The van der Waals surface area contributed by atoms with Crippen molar-refractivity contribution in [3.05, 3.63) is 18.3 Å². The van der Waals surface area contributed by atoms with Gasteiger partial charge in [0.1, 0.15) is 0 Å². The number of aryl methyl sites for hydroxylation is 1. The molecule has 15 heavy (non-hydrogen) atoms. The van der Waals surface area contributed by atoms with Gasteiger partial charge in [0.15, 0.2) is 5.82 Å². The molecule has 78 valence electrons. The van der Waals surface area contributed by atoms with Crippen LogP contribution in [-0.2, 0) is 7.05 Å². The molecule has 3 rings (SSSR count). The van der Waals surface area contributed by atoms with E-state index in [1.165, 1.54) is 0 Å². The highest BCUT2D eigenvalue weighted by atomic mass is 16.5. The molecule has 1 N–H and O–H groups in total. The normalized spacial score (nSPS) is 16.6. The van der Waals surface area contributed by atoms with Gasteiger partial charge < -0.3 is 14.4 Å². The zero-order valence-electron chi connectivity index (χ0n) is 8.34.